The van der Waals surface area contributed by atoms with Crippen LogP contribution in [0.15, 0.2) is 42.5 Å². The predicted molar refractivity (Wildman–Crippen MR) is 129 cm³/mol. The van der Waals surface area contributed by atoms with Gasteiger partial charge in [-0.2, -0.15) is 0 Å². The predicted octanol–water partition coefficient (Wildman–Crippen LogP) is 3.38. The van der Waals surface area contributed by atoms with Gasteiger partial charge in [-0.15, -0.1) is 0 Å². The number of rotatable bonds is 3. The Hall–Kier alpha value is -4.15. The first-order valence-electron chi connectivity index (χ1n) is 11.3. The van der Waals surface area contributed by atoms with Crippen LogP contribution in [0.4, 0.5) is 10.5 Å². The molecule has 0 aromatic heterocycles. The molecule has 0 unspecified atom stereocenters. The van der Waals surface area contributed by atoms with Crippen LogP contribution in [0, 0.1) is 10.1 Å². The van der Waals surface area contributed by atoms with Crippen molar-refractivity contribution < 1.29 is 33.5 Å². The molecular weight excluding hydrogens is 470 g/mol. The van der Waals surface area contributed by atoms with E-state index < -0.39 is 40.6 Å². The number of likely N-dealkylation sites (N-methyl/N-ethyl adjacent to an activating group) is 1. The fourth-order valence-electron chi connectivity index (χ4n) is 3.67. The summed E-state index contributed by atoms with van der Waals surface area (Å²) in [7, 11) is 2.64. The smallest absolute Gasteiger partial charge is 0.410 e. The number of nitrogens with zero attached hydrogens (tertiary/aromatic N) is 2. The molecule has 36 heavy (non-hydrogen) atoms. The zero-order chi connectivity index (χ0) is 26.6. The molecule has 192 valence electrons. The van der Waals surface area contributed by atoms with Gasteiger partial charge in [0.25, 0.3) is 0 Å². The first-order chi connectivity index (χ1) is 16.9. The number of benzene rings is 2. The minimum Gasteiger partial charge on any atom is -0.467 e. The molecule has 11 nitrogen and oxygen atoms in total. The van der Waals surface area contributed by atoms with Crippen LogP contribution in [-0.4, -0.2) is 59.6 Å². The van der Waals surface area contributed by atoms with E-state index in [1.54, 1.807) is 45.0 Å². The summed E-state index contributed by atoms with van der Waals surface area (Å²) in [4.78, 5) is 50.9. The van der Waals surface area contributed by atoms with E-state index >= 15 is 0 Å². The third-order valence-electron chi connectivity index (χ3n) is 5.49. The van der Waals surface area contributed by atoms with Gasteiger partial charge in [0.2, 0.25) is 11.7 Å². The molecule has 2 aliphatic rings. The number of amides is 2. The van der Waals surface area contributed by atoms with Gasteiger partial charge < -0.3 is 19.5 Å². The highest BCUT2D eigenvalue weighted by Crippen LogP contribution is 2.33. The van der Waals surface area contributed by atoms with Gasteiger partial charge in [0.1, 0.15) is 23.4 Å². The summed E-state index contributed by atoms with van der Waals surface area (Å²) in [5, 5.41) is 14.2. The SMILES string of the molecule is COC(=O)[C@H]1Cc2ccc([N+](=O)[O-])c(c2)Oc2ccc(cc2)C[C@H](N(C)C(=O)OC(C)(C)C)C(=O)N1. The van der Waals surface area contributed by atoms with Crippen molar-refractivity contribution in [2.45, 2.75) is 51.3 Å². The second kappa shape index (κ2) is 10.6. The fourth-order valence-corrected chi connectivity index (χ4v) is 3.67. The van der Waals surface area contributed by atoms with Crippen LogP contribution in [-0.2, 0) is 31.9 Å². The van der Waals surface area contributed by atoms with Gasteiger partial charge in [0.05, 0.1) is 12.0 Å². The number of carbonyl (C=O) groups excluding carboxylic acids is 3. The number of nitrogens with one attached hydrogen (secondary N) is 1. The van der Waals surface area contributed by atoms with Gasteiger partial charge in [-0.3, -0.25) is 19.8 Å². The minimum absolute atomic E-state index is 0.000197. The van der Waals surface area contributed by atoms with Crippen LogP contribution >= 0.6 is 0 Å². The highest BCUT2D eigenvalue weighted by Gasteiger charge is 2.34. The summed E-state index contributed by atoms with van der Waals surface area (Å²) in [6, 6.07) is 8.71. The third kappa shape index (κ3) is 6.49. The van der Waals surface area contributed by atoms with Crippen molar-refractivity contribution in [3.8, 4) is 11.5 Å². The van der Waals surface area contributed by atoms with E-state index in [2.05, 4.69) is 5.32 Å². The molecule has 4 bridgehead atoms. The van der Waals surface area contributed by atoms with E-state index in [9.17, 15) is 24.5 Å². The lowest BCUT2D eigenvalue weighted by atomic mass is 10.0. The molecule has 0 saturated heterocycles. The fraction of sp³-hybridized carbons (Fsp3) is 0.400. The highest BCUT2D eigenvalue weighted by atomic mass is 16.6. The maximum absolute atomic E-state index is 13.4. The number of hydrogen-bond acceptors (Lipinski definition) is 8. The second-order valence-corrected chi connectivity index (χ2v) is 9.40. The molecule has 2 amide bonds. The normalized spacial score (nSPS) is 17.8. The number of nitro groups is 1. The molecule has 11 heteroatoms. The molecule has 2 atom stereocenters. The van der Waals surface area contributed by atoms with Crippen LogP contribution in [0.25, 0.3) is 0 Å². The number of hydrogen-bond donors (Lipinski definition) is 1. The van der Waals surface area contributed by atoms with Gasteiger partial charge in [-0.05, 0) is 50.1 Å². The Morgan fingerprint density at radius 2 is 1.75 bits per heavy atom. The standard InChI is InChI=1S/C25H29N3O8/c1-25(2,3)36-24(31)27(4)20-13-15-6-9-17(10-7-15)35-21-14-16(8-11-19(21)28(32)33)12-18(23(30)34-5)26-22(20)29/h6-11,14,18,20H,12-13H2,1-5H3,(H,26,29)/t18-,20+/m1/s1. The molecule has 0 spiro atoms. The molecule has 0 aliphatic carbocycles. The van der Waals surface area contributed by atoms with Crippen molar-refractivity contribution in [3.05, 3.63) is 63.7 Å². The monoisotopic (exact) mass is 499 g/mol. The van der Waals surface area contributed by atoms with Crippen molar-refractivity contribution in [1.82, 2.24) is 10.2 Å². The summed E-state index contributed by atoms with van der Waals surface area (Å²) < 4.78 is 16.1. The van der Waals surface area contributed by atoms with Crippen molar-refractivity contribution >= 4 is 23.7 Å². The molecule has 0 radical (unpaired) electrons. The Bertz CT molecular complexity index is 1160. The topological polar surface area (TPSA) is 137 Å². The maximum atomic E-state index is 13.4. The Morgan fingerprint density at radius 3 is 2.33 bits per heavy atom. The molecule has 2 aromatic carbocycles. The summed E-state index contributed by atoms with van der Waals surface area (Å²) in [5.41, 5.74) is 0.169. The van der Waals surface area contributed by atoms with Crippen LogP contribution < -0.4 is 10.1 Å². The summed E-state index contributed by atoms with van der Waals surface area (Å²) in [5.74, 6) is -0.946. The number of ether oxygens (including phenoxy) is 3. The minimum atomic E-state index is -1.12. The first-order valence-corrected chi connectivity index (χ1v) is 11.3. The van der Waals surface area contributed by atoms with Gasteiger partial charge in [0.15, 0.2) is 0 Å². The van der Waals surface area contributed by atoms with Crippen LogP contribution in [0.5, 0.6) is 11.5 Å². The summed E-state index contributed by atoms with van der Waals surface area (Å²) in [6.07, 6.45) is -0.604. The molecule has 0 fully saturated rings. The lowest BCUT2D eigenvalue weighted by molar-refractivity contribution is -0.385. The largest absolute Gasteiger partial charge is 0.467 e. The second-order valence-electron chi connectivity index (χ2n) is 9.40. The Kier molecular flexibility index (Phi) is 7.81. The number of methoxy groups -OCH3 is 1. The molecule has 4 rings (SSSR count). The van der Waals surface area contributed by atoms with Crippen molar-refractivity contribution in [2.75, 3.05) is 14.2 Å². The number of fused-ring (bicyclic) bond motifs is 7. The maximum Gasteiger partial charge on any atom is 0.410 e. The summed E-state index contributed by atoms with van der Waals surface area (Å²) in [6.45, 7) is 5.16. The Morgan fingerprint density at radius 1 is 1.11 bits per heavy atom. The molecule has 1 N–H and O–H groups in total. The zero-order valence-electron chi connectivity index (χ0n) is 20.8. The molecular formula is C25H29N3O8. The quantitative estimate of drug-likeness (QED) is 0.385. The van der Waals surface area contributed by atoms with Crippen molar-refractivity contribution in [3.63, 3.8) is 0 Å². The average molecular weight is 500 g/mol. The van der Waals surface area contributed by atoms with E-state index in [4.69, 9.17) is 14.2 Å². The molecule has 2 heterocycles. The number of nitro benzene ring substituents is 1. The van der Waals surface area contributed by atoms with Crippen LogP contribution in [0.1, 0.15) is 31.9 Å². The lowest BCUT2D eigenvalue weighted by Gasteiger charge is -2.31. The Labute approximate surface area is 208 Å². The van der Waals surface area contributed by atoms with E-state index in [0.717, 1.165) is 0 Å². The van der Waals surface area contributed by atoms with Gasteiger partial charge in [-0.1, -0.05) is 18.2 Å². The summed E-state index contributed by atoms with van der Waals surface area (Å²) >= 11 is 0. The average Bonchev–Trinajstić information content (AvgIpc) is 2.80. The van der Waals surface area contributed by atoms with E-state index in [0.29, 0.717) is 16.9 Å². The number of esters is 1. The van der Waals surface area contributed by atoms with Crippen molar-refractivity contribution in [1.29, 1.82) is 0 Å². The third-order valence-corrected chi connectivity index (χ3v) is 5.49. The highest BCUT2D eigenvalue weighted by molar-refractivity contribution is 5.90. The van der Waals surface area contributed by atoms with Crippen LogP contribution in [0.3, 0.4) is 0 Å². The van der Waals surface area contributed by atoms with Gasteiger partial charge >= 0.3 is 17.7 Å². The van der Waals surface area contributed by atoms with Gasteiger partial charge in [0, 0.05) is 26.0 Å². The molecule has 2 aromatic rings. The van der Waals surface area contributed by atoms with E-state index in [1.807, 2.05) is 0 Å². The van der Waals surface area contributed by atoms with Gasteiger partial charge in [-0.25, -0.2) is 9.59 Å². The molecule has 2 aliphatic heterocycles. The first kappa shape index (κ1) is 26.5. The van der Waals surface area contributed by atoms with E-state index in [-0.39, 0.29) is 24.3 Å². The van der Waals surface area contributed by atoms with E-state index in [1.165, 1.54) is 37.3 Å². The van der Waals surface area contributed by atoms with Crippen LogP contribution in [0.2, 0.25) is 0 Å². The number of carbonyl (C=O) groups is 3. The zero-order valence-corrected chi connectivity index (χ0v) is 20.8. The van der Waals surface area contributed by atoms with Crippen molar-refractivity contribution in [2.24, 2.45) is 0 Å². The molecule has 0 saturated carbocycles. The Balaban J connectivity index is 2.05. The lowest BCUT2D eigenvalue weighted by Crippen LogP contribution is -2.54.